The highest BCUT2D eigenvalue weighted by atomic mass is 16.6. The van der Waals surface area contributed by atoms with E-state index in [1.54, 1.807) is 18.2 Å². The number of esters is 1. The van der Waals surface area contributed by atoms with Gasteiger partial charge in [-0.15, -0.1) is 0 Å². The number of nitrogens with one attached hydrogen (secondary N) is 1. The Labute approximate surface area is 168 Å². The zero-order chi connectivity index (χ0) is 20.6. The Morgan fingerprint density at radius 2 is 1.76 bits per heavy atom. The van der Waals surface area contributed by atoms with Gasteiger partial charge < -0.3 is 14.0 Å². The first kappa shape index (κ1) is 20.1. The van der Waals surface area contributed by atoms with Gasteiger partial charge in [0, 0.05) is 11.6 Å². The molecule has 0 bridgehead atoms. The highest BCUT2D eigenvalue weighted by molar-refractivity contribution is 5.92. The predicted octanol–water partition coefficient (Wildman–Crippen LogP) is 3.77. The molecule has 7 heteroatoms. The van der Waals surface area contributed by atoms with E-state index in [9.17, 15) is 9.59 Å². The molecule has 2 aromatic carbocycles. The zero-order valence-electron chi connectivity index (χ0n) is 16.3. The summed E-state index contributed by atoms with van der Waals surface area (Å²) in [6.07, 6.45) is 0.926. The van der Waals surface area contributed by atoms with E-state index in [0.717, 1.165) is 17.5 Å². The average molecular weight is 394 g/mol. The van der Waals surface area contributed by atoms with Gasteiger partial charge >= 0.3 is 5.97 Å². The van der Waals surface area contributed by atoms with Gasteiger partial charge in [-0.1, -0.05) is 54.0 Å². The van der Waals surface area contributed by atoms with Crippen LogP contribution in [-0.2, 0) is 20.7 Å². The molecule has 0 spiro atoms. The lowest BCUT2D eigenvalue weighted by molar-refractivity contribution is -0.149. The maximum absolute atomic E-state index is 11.9. The molecule has 0 aliphatic carbocycles. The summed E-state index contributed by atoms with van der Waals surface area (Å²) in [5, 5.41) is 6.42. The minimum Gasteiger partial charge on any atom is -0.482 e. The van der Waals surface area contributed by atoms with Crippen LogP contribution in [-0.4, -0.2) is 30.2 Å². The first-order valence-corrected chi connectivity index (χ1v) is 9.24. The second-order valence-electron chi connectivity index (χ2n) is 6.44. The van der Waals surface area contributed by atoms with Crippen molar-refractivity contribution in [2.45, 2.75) is 20.3 Å². The third-order valence-corrected chi connectivity index (χ3v) is 4.17. The predicted molar refractivity (Wildman–Crippen MR) is 108 cm³/mol. The molecule has 1 heterocycles. The number of hydrogen-bond acceptors (Lipinski definition) is 6. The Balaban J connectivity index is 1.42. The molecule has 0 saturated heterocycles. The molecule has 0 radical (unpaired) electrons. The molecular formula is C22H22N2O5. The van der Waals surface area contributed by atoms with Crippen LogP contribution in [0.2, 0.25) is 0 Å². The van der Waals surface area contributed by atoms with E-state index < -0.39 is 18.5 Å². The van der Waals surface area contributed by atoms with E-state index in [2.05, 4.69) is 17.4 Å². The summed E-state index contributed by atoms with van der Waals surface area (Å²) in [4.78, 5) is 23.7. The second-order valence-corrected chi connectivity index (χ2v) is 6.44. The molecule has 29 heavy (non-hydrogen) atoms. The van der Waals surface area contributed by atoms with Crippen LogP contribution in [0.3, 0.4) is 0 Å². The van der Waals surface area contributed by atoms with Gasteiger partial charge in [0.15, 0.2) is 13.2 Å². The van der Waals surface area contributed by atoms with Gasteiger partial charge in [-0.2, -0.15) is 0 Å². The summed E-state index contributed by atoms with van der Waals surface area (Å²) >= 11 is 0. The van der Waals surface area contributed by atoms with Gasteiger partial charge in [-0.25, -0.2) is 4.79 Å². The number of nitrogens with zero attached hydrogens (tertiary/aromatic N) is 1. The van der Waals surface area contributed by atoms with Crippen LogP contribution >= 0.6 is 0 Å². The number of ether oxygens (including phenoxy) is 2. The quantitative estimate of drug-likeness (QED) is 0.585. The number of carbonyl (C=O) groups excluding carboxylic acids is 2. The van der Waals surface area contributed by atoms with Crippen molar-refractivity contribution in [2.24, 2.45) is 0 Å². The molecule has 0 saturated carbocycles. The van der Waals surface area contributed by atoms with Crippen molar-refractivity contribution in [1.29, 1.82) is 0 Å². The molecule has 3 rings (SSSR count). The molecule has 0 aliphatic heterocycles. The summed E-state index contributed by atoms with van der Waals surface area (Å²) in [6, 6.07) is 16.8. The number of aryl methyl sites for hydroxylation is 2. The van der Waals surface area contributed by atoms with Crippen molar-refractivity contribution in [3.8, 4) is 17.0 Å². The lowest BCUT2D eigenvalue weighted by Gasteiger charge is -2.07. The first-order chi connectivity index (χ1) is 14.0. The number of aromatic nitrogens is 1. The second kappa shape index (κ2) is 9.54. The Morgan fingerprint density at radius 3 is 2.45 bits per heavy atom. The summed E-state index contributed by atoms with van der Waals surface area (Å²) in [5.41, 5.74) is 3.78. The average Bonchev–Trinajstić information content (AvgIpc) is 3.20. The molecule has 1 N–H and O–H groups in total. The lowest BCUT2D eigenvalue weighted by Crippen LogP contribution is -2.23. The largest absolute Gasteiger partial charge is 0.482 e. The molecule has 7 nitrogen and oxygen atoms in total. The monoisotopic (exact) mass is 394 g/mol. The van der Waals surface area contributed by atoms with Crippen molar-refractivity contribution in [1.82, 2.24) is 5.16 Å². The summed E-state index contributed by atoms with van der Waals surface area (Å²) in [7, 11) is 0. The highest BCUT2D eigenvalue weighted by Crippen LogP contribution is 2.22. The summed E-state index contributed by atoms with van der Waals surface area (Å²) < 4.78 is 15.4. The first-order valence-electron chi connectivity index (χ1n) is 9.24. The van der Waals surface area contributed by atoms with E-state index in [4.69, 9.17) is 14.0 Å². The third kappa shape index (κ3) is 5.93. The molecule has 0 aliphatic rings. The van der Waals surface area contributed by atoms with Crippen molar-refractivity contribution in [3.05, 3.63) is 65.7 Å². The number of rotatable bonds is 8. The van der Waals surface area contributed by atoms with E-state index in [1.807, 2.05) is 43.3 Å². The maximum Gasteiger partial charge on any atom is 0.344 e. The molecule has 1 aromatic heterocycles. The Morgan fingerprint density at radius 1 is 1.03 bits per heavy atom. The Bertz CT molecular complexity index is 962. The molecule has 3 aromatic rings. The number of hydrogen-bond donors (Lipinski definition) is 1. The van der Waals surface area contributed by atoms with Crippen LogP contribution in [0.1, 0.15) is 18.1 Å². The van der Waals surface area contributed by atoms with E-state index >= 15 is 0 Å². The van der Waals surface area contributed by atoms with Gasteiger partial charge in [-0.05, 0) is 31.0 Å². The fourth-order valence-electron chi connectivity index (χ4n) is 2.52. The summed E-state index contributed by atoms with van der Waals surface area (Å²) in [6.45, 7) is 3.32. The normalized spacial score (nSPS) is 10.4. The van der Waals surface area contributed by atoms with Gasteiger partial charge in [0.1, 0.15) is 11.4 Å². The number of benzene rings is 2. The Kier molecular flexibility index (Phi) is 6.63. The fraction of sp³-hybridized carbons (Fsp3) is 0.227. The van der Waals surface area contributed by atoms with Crippen LogP contribution in [0, 0.1) is 6.92 Å². The number of carbonyl (C=O) groups is 2. The van der Waals surface area contributed by atoms with Crippen LogP contribution < -0.4 is 10.1 Å². The fourth-order valence-corrected chi connectivity index (χ4v) is 2.52. The third-order valence-electron chi connectivity index (χ3n) is 4.17. The van der Waals surface area contributed by atoms with Crippen molar-refractivity contribution in [2.75, 3.05) is 18.5 Å². The van der Waals surface area contributed by atoms with Crippen molar-refractivity contribution >= 4 is 17.8 Å². The van der Waals surface area contributed by atoms with E-state index in [1.165, 1.54) is 5.56 Å². The smallest absolute Gasteiger partial charge is 0.344 e. The van der Waals surface area contributed by atoms with Crippen molar-refractivity contribution in [3.63, 3.8) is 0 Å². The topological polar surface area (TPSA) is 90.7 Å². The highest BCUT2D eigenvalue weighted by Gasteiger charge is 2.12. The molecule has 0 unspecified atom stereocenters. The van der Waals surface area contributed by atoms with Crippen LogP contribution in [0.15, 0.2) is 59.1 Å². The minimum absolute atomic E-state index is 0.175. The number of amides is 1. The van der Waals surface area contributed by atoms with E-state index in [0.29, 0.717) is 11.4 Å². The molecule has 150 valence electrons. The molecular weight excluding hydrogens is 372 g/mol. The molecule has 0 fully saturated rings. The Hall–Kier alpha value is -3.61. The molecule has 1 amide bonds. The van der Waals surface area contributed by atoms with Gasteiger partial charge in [0.05, 0.1) is 0 Å². The van der Waals surface area contributed by atoms with Gasteiger partial charge in [0.2, 0.25) is 5.88 Å². The SMILES string of the molecule is CCc1ccc(OCC(=O)OCC(=O)Nc2cc(-c3ccc(C)cc3)no2)cc1. The molecule has 0 atom stereocenters. The number of anilines is 1. The lowest BCUT2D eigenvalue weighted by atomic mass is 10.1. The summed E-state index contributed by atoms with van der Waals surface area (Å²) in [5.74, 6) is -0.433. The van der Waals surface area contributed by atoms with E-state index in [-0.39, 0.29) is 12.5 Å². The van der Waals surface area contributed by atoms with Crippen molar-refractivity contribution < 1.29 is 23.6 Å². The minimum atomic E-state index is -0.641. The van der Waals surface area contributed by atoms with Gasteiger partial charge in [0.25, 0.3) is 5.91 Å². The maximum atomic E-state index is 11.9. The van der Waals surface area contributed by atoms with Gasteiger partial charge in [-0.3, -0.25) is 10.1 Å². The standard InChI is InChI=1S/C22H22N2O5/c1-3-16-6-10-18(11-7-16)27-14-22(26)28-13-20(25)23-21-12-19(24-29-21)17-8-4-15(2)5-9-17/h4-12H,3,13-14H2,1-2H3,(H,23,25). The van der Waals surface area contributed by atoms with Crippen LogP contribution in [0.25, 0.3) is 11.3 Å². The zero-order valence-corrected chi connectivity index (χ0v) is 16.3. The van der Waals surface area contributed by atoms with Crippen LogP contribution in [0.4, 0.5) is 5.88 Å². The van der Waals surface area contributed by atoms with Crippen LogP contribution in [0.5, 0.6) is 5.75 Å².